The van der Waals surface area contributed by atoms with Gasteiger partial charge in [0.05, 0.1) is 35.5 Å². The number of hydrogen-bond acceptors (Lipinski definition) is 8. The molecule has 0 saturated carbocycles. The highest BCUT2D eigenvalue weighted by Gasteiger charge is 2.13. The molecule has 8 nitrogen and oxygen atoms in total. The Balaban J connectivity index is 2.18. The summed E-state index contributed by atoms with van der Waals surface area (Å²) in [6.45, 7) is 0. The van der Waals surface area contributed by atoms with Gasteiger partial charge >= 0.3 is 11.9 Å². The van der Waals surface area contributed by atoms with Crippen LogP contribution in [0, 0.1) is 0 Å². The monoisotopic (exact) mass is 428 g/mol. The minimum Gasteiger partial charge on any atom is -0.493 e. The molecule has 0 fully saturated rings. The second-order valence-corrected chi connectivity index (χ2v) is 5.98. The summed E-state index contributed by atoms with van der Waals surface area (Å²) in [4.78, 5) is 23.5. The number of rotatable bonds is 9. The maximum atomic E-state index is 12.3. The van der Waals surface area contributed by atoms with Gasteiger partial charge in [0.25, 0.3) is 0 Å². The Morgan fingerprint density at radius 3 is 1.74 bits per heavy atom. The molecular weight excluding hydrogens is 404 g/mol. The molecule has 2 aromatic carbocycles. The van der Waals surface area contributed by atoms with E-state index in [4.69, 9.17) is 23.7 Å². The van der Waals surface area contributed by atoms with Gasteiger partial charge in [0, 0.05) is 12.2 Å². The fourth-order valence-corrected chi connectivity index (χ4v) is 2.61. The fraction of sp³-hybridized carbons (Fsp3) is 0.217. The van der Waals surface area contributed by atoms with E-state index in [9.17, 15) is 9.59 Å². The Kier molecular flexibility index (Phi) is 8.51. The first kappa shape index (κ1) is 23.3. The first-order chi connectivity index (χ1) is 14.9. The minimum absolute atomic E-state index is 0.234. The van der Waals surface area contributed by atoms with E-state index in [-0.39, 0.29) is 5.75 Å². The van der Waals surface area contributed by atoms with E-state index in [0.717, 1.165) is 0 Å². The quantitative estimate of drug-likeness (QED) is 0.340. The number of benzene rings is 2. The summed E-state index contributed by atoms with van der Waals surface area (Å²) >= 11 is 0. The van der Waals surface area contributed by atoms with Crippen LogP contribution in [0.25, 0.3) is 12.2 Å². The standard InChI is InChI=1S/C23H24O8/c1-26-18-12-15(7-10-21(24)29-4)6-9-17(18)31-22(25)11-8-16-13-19(27-2)23(30-5)20(14-16)28-3/h6-14H,1-5H3/b10-7+,11-8+. The summed E-state index contributed by atoms with van der Waals surface area (Å²) in [5, 5.41) is 0. The summed E-state index contributed by atoms with van der Waals surface area (Å²) in [5.41, 5.74) is 1.33. The molecule has 0 atom stereocenters. The molecule has 0 aliphatic carbocycles. The highest BCUT2D eigenvalue weighted by atomic mass is 16.6. The minimum atomic E-state index is -0.607. The van der Waals surface area contributed by atoms with Gasteiger partial charge in [-0.05, 0) is 47.5 Å². The van der Waals surface area contributed by atoms with Crippen LogP contribution in [0.3, 0.4) is 0 Å². The van der Waals surface area contributed by atoms with Crippen LogP contribution in [0.15, 0.2) is 42.5 Å². The normalized spacial score (nSPS) is 10.7. The van der Waals surface area contributed by atoms with Gasteiger partial charge in [-0.1, -0.05) is 6.07 Å². The number of hydrogen-bond donors (Lipinski definition) is 0. The van der Waals surface area contributed by atoms with E-state index in [1.54, 1.807) is 42.5 Å². The molecular formula is C23H24O8. The average Bonchev–Trinajstić information content (AvgIpc) is 2.80. The van der Waals surface area contributed by atoms with Gasteiger partial charge in [-0.25, -0.2) is 9.59 Å². The van der Waals surface area contributed by atoms with Crippen LogP contribution in [0.2, 0.25) is 0 Å². The zero-order valence-corrected chi connectivity index (χ0v) is 18.0. The Morgan fingerprint density at radius 1 is 0.645 bits per heavy atom. The zero-order chi connectivity index (χ0) is 22.8. The molecule has 0 spiro atoms. The zero-order valence-electron chi connectivity index (χ0n) is 18.0. The van der Waals surface area contributed by atoms with Crippen LogP contribution < -0.4 is 23.7 Å². The van der Waals surface area contributed by atoms with Gasteiger partial charge in [-0.2, -0.15) is 0 Å². The number of methoxy groups -OCH3 is 5. The first-order valence-electron chi connectivity index (χ1n) is 9.09. The maximum absolute atomic E-state index is 12.3. The highest BCUT2D eigenvalue weighted by molar-refractivity contribution is 5.90. The molecule has 0 aliphatic heterocycles. The van der Waals surface area contributed by atoms with Crippen molar-refractivity contribution in [3.63, 3.8) is 0 Å². The van der Waals surface area contributed by atoms with Crippen LogP contribution in [-0.2, 0) is 14.3 Å². The van der Waals surface area contributed by atoms with Crippen LogP contribution in [0.5, 0.6) is 28.7 Å². The van der Waals surface area contributed by atoms with Gasteiger partial charge < -0.3 is 28.4 Å². The smallest absolute Gasteiger partial charge is 0.336 e. The molecule has 0 saturated heterocycles. The van der Waals surface area contributed by atoms with Gasteiger partial charge in [0.15, 0.2) is 23.0 Å². The number of ether oxygens (including phenoxy) is 6. The van der Waals surface area contributed by atoms with Crippen molar-refractivity contribution in [3.8, 4) is 28.7 Å². The third-order valence-electron chi connectivity index (χ3n) is 4.11. The van der Waals surface area contributed by atoms with E-state index in [0.29, 0.717) is 34.1 Å². The van der Waals surface area contributed by atoms with Crippen molar-refractivity contribution >= 4 is 24.1 Å². The lowest BCUT2D eigenvalue weighted by Gasteiger charge is -2.12. The van der Waals surface area contributed by atoms with Crippen LogP contribution in [0.4, 0.5) is 0 Å². The van der Waals surface area contributed by atoms with Gasteiger partial charge in [-0.15, -0.1) is 0 Å². The molecule has 164 valence electrons. The molecule has 31 heavy (non-hydrogen) atoms. The Bertz CT molecular complexity index is 966. The van der Waals surface area contributed by atoms with Crippen molar-refractivity contribution < 1.29 is 38.0 Å². The number of carbonyl (C=O) groups excluding carboxylic acids is 2. The lowest BCUT2D eigenvalue weighted by molar-refractivity contribution is -0.134. The van der Waals surface area contributed by atoms with Crippen molar-refractivity contribution in [1.29, 1.82) is 0 Å². The van der Waals surface area contributed by atoms with Crippen LogP contribution in [0.1, 0.15) is 11.1 Å². The van der Waals surface area contributed by atoms with Crippen molar-refractivity contribution in [3.05, 3.63) is 53.6 Å². The van der Waals surface area contributed by atoms with E-state index >= 15 is 0 Å². The first-order valence-corrected chi connectivity index (χ1v) is 9.09. The Labute approximate surface area is 180 Å². The van der Waals surface area contributed by atoms with Crippen molar-refractivity contribution in [2.75, 3.05) is 35.5 Å². The van der Waals surface area contributed by atoms with Gasteiger partial charge in [0.1, 0.15) is 0 Å². The molecule has 0 heterocycles. The van der Waals surface area contributed by atoms with Crippen molar-refractivity contribution in [1.82, 2.24) is 0 Å². The SMILES string of the molecule is COC(=O)/C=C/c1ccc(OC(=O)/C=C/c2cc(OC)c(OC)c(OC)c2)c(OC)c1. The van der Waals surface area contributed by atoms with Crippen LogP contribution >= 0.6 is 0 Å². The summed E-state index contributed by atoms with van der Waals surface area (Å²) in [5.74, 6) is 0.866. The Hall–Kier alpha value is -3.94. The lowest BCUT2D eigenvalue weighted by Crippen LogP contribution is -2.05. The largest absolute Gasteiger partial charge is 0.493 e. The lowest BCUT2D eigenvalue weighted by atomic mass is 10.1. The van der Waals surface area contributed by atoms with Gasteiger partial charge in [-0.3, -0.25) is 0 Å². The van der Waals surface area contributed by atoms with E-state index in [1.165, 1.54) is 47.7 Å². The molecule has 0 unspecified atom stereocenters. The molecule has 8 heteroatoms. The summed E-state index contributed by atoms with van der Waals surface area (Å²) in [7, 11) is 7.27. The van der Waals surface area contributed by atoms with Crippen LogP contribution in [-0.4, -0.2) is 47.5 Å². The number of carbonyl (C=O) groups is 2. The van der Waals surface area contributed by atoms with Gasteiger partial charge in [0.2, 0.25) is 5.75 Å². The summed E-state index contributed by atoms with van der Waals surface area (Å²) in [6.07, 6.45) is 5.67. The van der Waals surface area contributed by atoms with E-state index in [1.807, 2.05) is 0 Å². The summed E-state index contributed by atoms with van der Waals surface area (Å²) in [6, 6.07) is 8.28. The second kappa shape index (κ2) is 11.3. The van der Waals surface area contributed by atoms with E-state index < -0.39 is 11.9 Å². The Morgan fingerprint density at radius 2 is 1.19 bits per heavy atom. The highest BCUT2D eigenvalue weighted by Crippen LogP contribution is 2.38. The van der Waals surface area contributed by atoms with E-state index in [2.05, 4.69) is 4.74 Å². The third kappa shape index (κ3) is 6.27. The van der Waals surface area contributed by atoms with Crippen molar-refractivity contribution in [2.24, 2.45) is 0 Å². The molecule has 2 rings (SSSR count). The second-order valence-electron chi connectivity index (χ2n) is 5.98. The maximum Gasteiger partial charge on any atom is 0.336 e. The average molecular weight is 428 g/mol. The molecule has 0 radical (unpaired) electrons. The number of esters is 2. The predicted octanol–water partition coefficient (Wildman–Crippen LogP) is 3.53. The molecule has 0 N–H and O–H groups in total. The molecule has 0 bridgehead atoms. The third-order valence-corrected chi connectivity index (χ3v) is 4.11. The molecule has 0 aromatic heterocycles. The molecule has 0 amide bonds. The topological polar surface area (TPSA) is 89.5 Å². The molecule has 0 aliphatic rings. The van der Waals surface area contributed by atoms with Crippen molar-refractivity contribution in [2.45, 2.75) is 0 Å². The molecule has 2 aromatic rings. The predicted molar refractivity (Wildman–Crippen MR) is 115 cm³/mol. The fourth-order valence-electron chi connectivity index (χ4n) is 2.61. The summed E-state index contributed by atoms with van der Waals surface area (Å²) < 4.78 is 31.1.